The fourth-order valence-corrected chi connectivity index (χ4v) is 2.80. The monoisotopic (exact) mass is 315 g/mol. The number of carbonyl (C=O) groups is 1. The van der Waals surface area contributed by atoms with Gasteiger partial charge in [-0.1, -0.05) is 23.7 Å². The molecule has 3 rings (SSSR count). The first kappa shape index (κ1) is 14.7. The largest absolute Gasteiger partial charge is 0.397 e. The number of carbonyl (C=O) groups excluding carboxylic acids is 1. The molecule has 2 aromatic rings. The van der Waals surface area contributed by atoms with Crippen molar-refractivity contribution in [3.8, 4) is 0 Å². The Morgan fingerprint density at radius 2 is 1.82 bits per heavy atom. The molecule has 1 fully saturated rings. The van der Waals surface area contributed by atoms with Gasteiger partial charge in [-0.15, -0.1) is 0 Å². The maximum Gasteiger partial charge on any atom is 0.253 e. The summed E-state index contributed by atoms with van der Waals surface area (Å²) in [6.45, 7) is 1.66. The maximum absolute atomic E-state index is 12.4. The fraction of sp³-hybridized carbons (Fsp3) is 0.235. The summed E-state index contributed by atoms with van der Waals surface area (Å²) in [6.07, 6.45) is 2.15. The number of rotatable bonds is 3. The van der Waals surface area contributed by atoms with Crippen molar-refractivity contribution in [2.45, 2.75) is 12.8 Å². The molecular weight excluding hydrogens is 298 g/mol. The van der Waals surface area contributed by atoms with E-state index in [9.17, 15) is 4.79 Å². The van der Waals surface area contributed by atoms with Crippen molar-refractivity contribution < 1.29 is 4.79 Å². The van der Waals surface area contributed by atoms with Gasteiger partial charge in [-0.2, -0.15) is 0 Å². The van der Waals surface area contributed by atoms with Crippen LogP contribution >= 0.6 is 11.6 Å². The number of nitrogens with two attached hydrogens (primary N) is 1. The van der Waals surface area contributed by atoms with Crippen LogP contribution in [-0.2, 0) is 0 Å². The van der Waals surface area contributed by atoms with Crippen LogP contribution in [0.3, 0.4) is 0 Å². The number of nitrogens with one attached hydrogen (secondary N) is 1. The van der Waals surface area contributed by atoms with Gasteiger partial charge < -0.3 is 16.0 Å². The summed E-state index contributed by atoms with van der Waals surface area (Å²) in [7, 11) is 0. The maximum atomic E-state index is 12.4. The zero-order valence-electron chi connectivity index (χ0n) is 12.2. The minimum absolute atomic E-state index is 0.0495. The average Bonchev–Trinajstić information content (AvgIpc) is 3.05. The molecule has 0 atom stereocenters. The normalized spacial score (nSPS) is 14.1. The van der Waals surface area contributed by atoms with E-state index < -0.39 is 0 Å². The van der Waals surface area contributed by atoms with Gasteiger partial charge in [0.15, 0.2) is 0 Å². The number of hydrogen-bond donors (Lipinski definition) is 2. The van der Waals surface area contributed by atoms with E-state index in [1.54, 1.807) is 12.1 Å². The molecule has 0 saturated carbocycles. The number of nitrogen functional groups attached to an aromatic ring is 1. The van der Waals surface area contributed by atoms with Crippen LogP contribution in [0.2, 0.25) is 5.02 Å². The van der Waals surface area contributed by atoms with Gasteiger partial charge in [0.2, 0.25) is 0 Å². The number of amides is 1. The van der Waals surface area contributed by atoms with Crippen LogP contribution in [0.15, 0.2) is 42.5 Å². The van der Waals surface area contributed by atoms with Crippen LogP contribution in [0.1, 0.15) is 23.2 Å². The Hall–Kier alpha value is -2.20. The van der Waals surface area contributed by atoms with E-state index in [1.807, 2.05) is 35.2 Å². The quantitative estimate of drug-likeness (QED) is 0.844. The number of nitrogens with zero attached hydrogens (tertiary/aromatic N) is 1. The van der Waals surface area contributed by atoms with Gasteiger partial charge in [-0.25, -0.2) is 0 Å². The molecule has 22 heavy (non-hydrogen) atoms. The van der Waals surface area contributed by atoms with Crippen LogP contribution in [0.25, 0.3) is 0 Å². The Labute approximate surface area is 134 Å². The van der Waals surface area contributed by atoms with E-state index in [0.717, 1.165) is 37.3 Å². The second-order valence-corrected chi connectivity index (χ2v) is 5.81. The third-order valence-electron chi connectivity index (χ3n) is 3.83. The molecule has 0 aromatic heterocycles. The van der Waals surface area contributed by atoms with E-state index in [4.69, 9.17) is 17.3 Å². The number of para-hydroxylation sites is 1. The molecule has 0 spiro atoms. The number of hydrogen-bond acceptors (Lipinski definition) is 3. The average molecular weight is 316 g/mol. The van der Waals surface area contributed by atoms with Gasteiger partial charge in [0, 0.05) is 18.7 Å². The molecule has 114 valence electrons. The summed E-state index contributed by atoms with van der Waals surface area (Å²) in [6, 6.07) is 12.8. The smallest absolute Gasteiger partial charge is 0.253 e. The highest BCUT2D eigenvalue weighted by Gasteiger charge is 2.20. The predicted molar refractivity (Wildman–Crippen MR) is 90.7 cm³/mol. The Morgan fingerprint density at radius 1 is 1.09 bits per heavy atom. The molecule has 0 radical (unpaired) electrons. The zero-order chi connectivity index (χ0) is 15.5. The van der Waals surface area contributed by atoms with Gasteiger partial charge in [0.25, 0.3) is 5.91 Å². The van der Waals surface area contributed by atoms with E-state index in [0.29, 0.717) is 16.3 Å². The summed E-state index contributed by atoms with van der Waals surface area (Å²) < 4.78 is 0. The predicted octanol–water partition coefficient (Wildman–Crippen LogP) is 3.90. The molecule has 1 aliphatic heterocycles. The third-order valence-corrected chi connectivity index (χ3v) is 4.16. The molecule has 1 heterocycles. The summed E-state index contributed by atoms with van der Waals surface area (Å²) in [5.74, 6) is 0.0495. The van der Waals surface area contributed by atoms with E-state index in [1.165, 1.54) is 0 Å². The first-order valence-electron chi connectivity index (χ1n) is 7.35. The summed E-state index contributed by atoms with van der Waals surface area (Å²) >= 11 is 6.13. The lowest BCUT2D eigenvalue weighted by Crippen LogP contribution is -2.27. The lowest BCUT2D eigenvalue weighted by Gasteiger charge is -2.17. The van der Waals surface area contributed by atoms with Crippen LogP contribution in [0, 0.1) is 0 Å². The van der Waals surface area contributed by atoms with Crippen molar-refractivity contribution >= 4 is 34.6 Å². The number of halogens is 1. The Kier molecular flexibility index (Phi) is 4.20. The summed E-state index contributed by atoms with van der Waals surface area (Å²) in [5, 5.41) is 3.82. The van der Waals surface area contributed by atoms with Gasteiger partial charge in [-0.05, 0) is 43.2 Å². The molecule has 5 heteroatoms. The summed E-state index contributed by atoms with van der Waals surface area (Å²) in [4.78, 5) is 14.2. The Morgan fingerprint density at radius 3 is 2.50 bits per heavy atom. The van der Waals surface area contributed by atoms with Gasteiger partial charge in [0.05, 0.1) is 22.1 Å². The van der Waals surface area contributed by atoms with Crippen molar-refractivity contribution in [2.75, 3.05) is 24.1 Å². The van der Waals surface area contributed by atoms with Crippen molar-refractivity contribution in [1.29, 1.82) is 0 Å². The topological polar surface area (TPSA) is 58.4 Å². The molecular formula is C17H18ClN3O. The third kappa shape index (κ3) is 3.02. The lowest BCUT2D eigenvalue weighted by molar-refractivity contribution is 0.0793. The van der Waals surface area contributed by atoms with Crippen LogP contribution < -0.4 is 11.1 Å². The highest BCUT2D eigenvalue weighted by atomic mass is 35.5. The van der Waals surface area contributed by atoms with Crippen molar-refractivity contribution in [2.24, 2.45) is 0 Å². The zero-order valence-corrected chi connectivity index (χ0v) is 12.9. The molecule has 0 bridgehead atoms. The van der Waals surface area contributed by atoms with E-state index in [-0.39, 0.29) is 5.91 Å². The van der Waals surface area contributed by atoms with Crippen LogP contribution in [0.5, 0.6) is 0 Å². The van der Waals surface area contributed by atoms with Gasteiger partial charge in [-0.3, -0.25) is 4.79 Å². The Bertz CT molecular complexity index is 696. The first-order valence-corrected chi connectivity index (χ1v) is 7.73. The second kappa shape index (κ2) is 6.28. The molecule has 1 aliphatic rings. The highest BCUT2D eigenvalue weighted by Crippen LogP contribution is 2.29. The first-order chi connectivity index (χ1) is 10.6. The van der Waals surface area contributed by atoms with Crippen LogP contribution in [-0.4, -0.2) is 23.9 Å². The molecule has 0 unspecified atom stereocenters. The number of likely N-dealkylation sites (tertiary alicyclic amines) is 1. The molecule has 0 aliphatic carbocycles. The number of anilines is 3. The van der Waals surface area contributed by atoms with Gasteiger partial charge >= 0.3 is 0 Å². The highest BCUT2D eigenvalue weighted by molar-refractivity contribution is 6.33. The van der Waals surface area contributed by atoms with E-state index >= 15 is 0 Å². The lowest BCUT2D eigenvalue weighted by atomic mass is 10.1. The minimum atomic E-state index is 0.0495. The summed E-state index contributed by atoms with van der Waals surface area (Å²) in [5.41, 5.74) is 8.77. The minimum Gasteiger partial charge on any atom is -0.397 e. The molecule has 3 N–H and O–H groups in total. The van der Waals surface area contributed by atoms with Crippen LogP contribution in [0.4, 0.5) is 17.1 Å². The van der Waals surface area contributed by atoms with Gasteiger partial charge in [0.1, 0.15) is 0 Å². The fourth-order valence-electron chi connectivity index (χ4n) is 2.62. The van der Waals surface area contributed by atoms with E-state index in [2.05, 4.69) is 5.32 Å². The number of benzene rings is 2. The SMILES string of the molecule is Nc1cc(C(=O)N2CCCC2)ccc1Nc1ccccc1Cl. The molecule has 2 aromatic carbocycles. The second-order valence-electron chi connectivity index (χ2n) is 5.41. The molecule has 4 nitrogen and oxygen atoms in total. The van der Waals surface area contributed by atoms with Crippen molar-refractivity contribution in [3.05, 3.63) is 53.1 Å². The van der Waals surface area contributed by atoms with Crippen molar-refractivity contribution in [3.63, 3.8) is 0 Å². The Balaban J connectivity index is 1.80. The standard InChI is InChI=1S/C17H18ClN3O/c18-13-5-1-2-6-15(13)20-16-8-7-12(11-14(16)19)17(22)21-9-3-4-10-21/h1-2,5-8,11,20H,3-4,9-10,19H2. The molecule has 1 amide bonds. The molecule has 1 saturated heterocycles. The van der Waals surface area contributed by atoms with Crippen molar-refractivity contribution in [1.82, 2.24) is 4.90 Å².